The van der Waals surface area contributed by atoms with Gasteiger partial charge in [-0.05, 0) is 24.2 Å². The Morgan fingerprint density at radius 1 is 1.41 bits per heavy atom. The molecule has 5 heteroatoms. The zero-order chi connectivity index (χ0) is 12.8. The van der Waals surface area contributed by atoms with Crippen molar-refractivity contribution < 1.29 is 14.6 Å². The summed E-state index contributed by atoms with van der Waals surface area (Å²) in [5.74, 6) is 0.375. The van der Waals surface area contributed by atoms with Crippen molar-refractivity contribution in [2.45, 2.75) is 45.8 Å². The summed E-state index contributed by atoms with van der Waals surface area (Å²) >= 11 is 0. The Kier molecular flexibility index (Phi) is 2.86. The van der Waals surface area contributed by atoms with Crippen LogP contribution < -0.4 is 10.9 Å². The third-order valence-electron chi connectivity index (χ3n) is 5.33. The van der Waals surface area contributed by atoms with Crippen LogP contribution in [0.25, 0.3) is 0 Å². The lowest BCUT2D eigenvalue weighted by atomic mass is 9.70. The maximum atomic E-state index is 11.0. The van der Waals surface area contributed by atoms with Crippen LogP contribution in [0, 0.1) is 16.7 Å². The number of hydrogen-bond donors (Lipinski definition) is 3. The van der Waals surface area contributed by atoms with E-state index >= 15 is 0 Å². The van der Waals surface area contributed by atoms with Crippen LogP contribution in [0.1, 0.15) is 33.6 Å². The smallest absolute Gasteiger partial charge is 0.421 e. The van der Waals surface area contributed by atoms with E-state index in [1.807, 2.05) is 0 Å². The second-order valence-corrected chi connectivity index (χ2v) is 6.02. The van der Waals surface area contributed by atoms with Crippen molar-refractivity contribution in [3.8, 4) is 0 Å². The van der Waals surface area contributed by atoms with Gasteiger partial charge < -0.3 is 9.84 Å². The monoisotopic (exact) mass is 242 g/mol. The van der Waals surface area contributed by atoms with E-state index in [2.05, 4.69) is 36.4 Å². The first-order valence-electron chi connectivity index (χ1n) is 6.12. The molecule has 2 aliphatic carbocycles. The van der Waals surface area contributed by atoms with E-state index in [0.717, 1.165) is 12.8 Å². The largest absolute Gasteiger partial charge is 0.452 e. The van der Waals surface area contributed by atoms with Crippen molar-refractivity contribution >= 4 is 6.09 Å². The van der Waals surface area contributed by atoms with Gasteiger partial charge in [0.25, 0.3) is 0 Å². The fraction of sp³-hybridized carbons (Fsp3) is 0.917. The summed E-state index contributed by atoms with van der Waals surface area (Å²) in [4.78, 5) is 11.0. The molecule has 2 aliphatic rings. The van der Waals surface area contributed by atoms with Gasteiger partial charge in [-0.15, -0.1) is 0 Å². The van der Waals surface area contributed by atoms with Crippen LogP contribution in [-0.4, -0.2) is 30.5 Å². The standard InChI is InChI=1S/C12H22N2O3/c1-11(2)7-5-6-12(11,3)9(15)8(7)13-14-10(16)17-4/h7-9,13,15H,5-6H2,1-4H3,(H,14,16)/t7?,8?,9-,12?/m1/s1. The molecule has 2 bridgehead atoms. The fourth-order valence-electron chi connectivity index (χ4n) is 3.71. The first-order chi connectivity index (χ1) is 7.84. The minimum Gasteiger partial charge on any atom is -0.452 e. The molecule has 0 heterocycles. The lowest BCUT2D eigenvalue weighted by Crippen LogP contribution is -2.53. The van der Waals surface area contributed by atoms with E-state index in [9.17, 15) is 9.90 Å². The highest BCUT2D eigenvalue weighted by Gasteiger charge is 2.65. The molecule has 98 valence electrons. The maximum absolute atomic E-state index is 11.0. The van der Waals surface area contributed by atoms with Gasteiger partial charge in [0.05, 0.1) is 19.3 Å². The van der Waals surface area contributed by atoms with Gasteiger partial charge in [-0.25, -0.2) is 10.2 Å². The quantitative estimate of drug-likeness (QED) is 0.633. The molecule has 5 nitrogen and oxygen atoms in total. The SMILES string of the molecule is COC(=O)NNC1C2CCC(C)([C@@H]1O)C2(C)C. The van der Waals surface area contributed by atoms with Gasteiger partial charge in [-0.3, -0.25) is 5.43 Å². The topological polar surface area (TPSA) is 70.6 Å². The van der Waals surface area contributed by atoms with E-state index in [1.54, 1.807) is 0 Å². The van der Waals surface area contributed by atoms with Crippen LogP contribution in [-0.2, 0) is 4.74 Å². The van der Waals surface area contributed by atoms with Gasteiger partial charge in [0.2, 0.25) is 0 Å². The van der Waals surface area contributed by atoms with Crippen LogP contribution in [0.15, 0.2) is 0 Å². The molecule has 0 spiro atoms. The molecule has 0 aromatic heterocycles. The first-order valence-corrected chi connectivity index (χ1v) is 6.12. The van der Waals surface area contributed by atoms with E-state index in [-0.39, 0.29) is 16.9 Å². The van der Waals surface area contributed by atoms with Crippen LogP contribution >= 0.6 is 0 Å². The average molecular weight is 242 g/mol. The lowest BCUT2D eigenvalue weighted by molar-refractivity contribution is -0.00208. The third-order valence-corrected chi connectivity index (χ3v) is 5.33. The first kappa shape index (κ1) is 12.6. The molecule has 17 heavy (non-hydrogen) atoms. The highest BCUT2D eigenvalue weighted by atomic mass is 16.5. The van der Waals surface area contributed by atoms with E-state index in [0.29, 0.717) is 5.92 Å². The van der Waals surface area contributed by atoms with E-state index in [4.69, 9.17) is 0 Å². The Balaban J connectivity index is 2.09. The van der Waals surface area contributed by atoms with Gasteiger partial charge in [0.15, 0.2) is 0 Å². The number of fused-ring (bicyclic) bond motifs is 2. The normalized spacial score (nSPS) is 42.5. The van der Waals surface area contributed by atoms with Gasteiger partial charge in [0, 0.05) is 5.41 Å². The van der Waals surface area contributed by atoms with Crippen molar-refractivity contribution in [1.29, 1.82) is 0 Å². The van der Waals surface area contributed by atoms with Crippen molar-refractivity contribution in [1.82, 2.24) is 10.9 Å². The van der Waals surface area contributed by atoms with Crippen molar-refractivity contribution in [3.63, 3.8) is 0 Å². The van der Waals surface area contributed by atoms with Gasteiger partial charge in [-0.2, -0.15) is 0 Å². The molecule has 2 rings (SSSR count). The molecule has 3 N–H and O–H groups in total. The van der Waals surface area contributed by atoms with Crippen molar-refractivity contribution in [2.75, 3.05) is 7.11 Å². The van der Waals surface area contributed by atoms with Crippen LogP contribution in [0.4, 0.5) is 4.79 Å². The second kappa shape index (κ2) is 3.85. The molecule has 2 fully saturated rings. The lowest BCUT2D eigenvalue weighted by Gasteiger charge is -2.37. The summed E-state index contributed by atoms with van der Waals surface area (Å²) in [7, 11) is 1.32. The predicted molar refractivity (Wildman–Crippen MR) is 63.1 cm³/mol. The Hall–Kier alpha value is -0.810. The number of hydrazine groups is 1. The molecule has 1 amide bonds. The molecule has 0 aromatic carbocycles. The Labute approximate surface area is 102 Å². The molecular formula is C12H22N2O3. The van der Waals surface area contributed by atoms with E-state index < -0.39 is 12.2 Å². The molecule has 4 atom stereocenters. The van der Waals surface area contributed by atoms with Gasteiger partial charge in [-0.1, -0.05) is 20.8 Å². The summed E-state index contributed by atoms with van der Waals surface area (Å²) in [6.45, 7) is 6.54. The molecule has 2 saturated carbocycles. The summed E-state index contributed by atoms with van der Waals surface area (Å²) in [5, 5.41) is 10.4. The number of rotatable bonds is 2. The number of carbonyl (C=O) groups is 1. The number of ether oxygens (including phenoxy) is 1. The summed E-state index contributed by atoms with van der Waals surface area (Å²) in [5.41, 5.74) is 5.40. The van der Waals surface area contributed by atoms with Crippen molar-refractivity contribution in [3.05, 3.63) is 0 Å². The van der Waals surface area contributed by atoms with Crippen molar-refractivity contribution in [2.24, 2.45) is 16.7 Å². The number of aliphatic hydroxyl groups excluding tert-OH is 1. The fourth-order valence-corrected chi connectivity index (χ4v) is 3.71. The maximum Gasteiger partial charge on any atom is 0.421 e. The molecule has 0 aliphatic heterocycles. The second-order valence-electron chi connectivity index (χ2n) is 6.02. The molecule has 3 unspecified atom stereocenters. The number of amides is 1. The highest BCUT2D eigenvalue weighted by molar-refractivity contribution is 5.66. The Morgan fingerprint density at radius 2 is 2.06 bits per heavy atom. The number of carbonyl (C=O) groups excluding carboxylic acids is 1. The minimum absolute atomic E-state index is 0.0763. The van der Waals surface area contributed by atoms with Gasteiger partial charge >= 0.3 is 6.09 Å². The van der Waals surface area contributed by atoms with Crippen LogP contribution in [0.3, 0.4) is 0 Å². The van der Waals surface area contributed by atoms with Crippen LogP contribution in [0.5, 0.6) is 0 Å². The summed E-state index contributed by atoms with van der Waals surface area (Å²) in [6, 6.07) is -0.0946. The number of nitrogens with one attached hydrogen (secondary N) is 2. The molecule has 0 saturated heterocycles. The molecule has 0 aromatic rings. The Morgan fingerprint density at radius 3 is 2.53 bits per heavy atom. The zero-order valence-electron chi connectivity index (χ0n) is 10.9. The van der Waals surface area contributed by atoms with E-state index in [1.165, 1.54) is 7.11 Å². The van der Waals surface area contributed by atoms with Gasteiger partial charge in [0.1, 0.15) is 0 Å². The molecule has 0 radical (unpaired) electrons. The predicted octanol–water partition coefficient (Wildman–Crippen LogP) is 1.03. The number of methoxy groups -OCH3 is 1. The summed E-state index contributed by atoms with van der Waals surface area (Å²) < 4.78 is 4.51. The zero-order valence-corrected chi connectivity index (χ0v) is 10.9. The minimum atomic E-state index is -0.525. The average Bonchev–Trinajstić information content (AvgIpc) is 2.59. The number of aliphatic hydroxyl groups is 1. The number of hydrogen-bond acceptors (Lipinski definition) is 4. The highest BCUT2D eigenvalue weighted by Crippen LogP contribution is 2.65. The molecular weight excluding hydrogens is 220 g/mol. The Bertz CT molecular complexity index is 332. The third kappa shape index (κ3) is 1.56. The summed E-state index contributed by atoms with van der Waals surface area (Å²) in [6.07, 6.45) is 1.17. The van der Waals surface area contributed by atoms with Crippen LogP contribution in [0.2, 0.25) is 0 Å².